The molecule has 0 aromatic carbocycles. The first-order valence-electron chi connectivity index (χ1n) is 9.46. The van der Waals surface area contributed by atoms with Crippen LogP contribution in [0, 0.1) is 0 Å². The summed E-state index contributed by atoms with van der Waals surface area (Å²) >= 11 is 0. The fourth-order valence-corrected chi connectivity index (χ4v) is 7.72. The zero-order chi connectivity index (χ0) is 18.8. The molecule has 0 bridgehead atoms. The summed E-state index contributed by atoms with van der Waals surface area (Å²) in [5, 5.41) is 0. The van der Waals surface area contributed by atoms with Crippen LogP contribution in [0.2, 0.25) is 0 Å². The topological polar surface area (TPSA) is 113 Å². The lowest BCUT2D eigenvalue weighted by atomic mass is 9.93. The summed E-state index contributed by atoms with van der Waals surface area (Å²) in [5.74, 6) is 0.367. The van der Waals surface area contributed by atoms with Crippen LogP contribution in [0.3, 0.4) is 0 Å². The maximum absolute atomic E-state index is 12.9. The van der Waals surface area contributed by atoms with E-state index in [2.05, 4.69) is 10.9 Å². The molecule has 10 heteroatoms. The molecule has 2 atom stereocenters. The highest BCUT2D eigenvalue weighted by Gasteiger charge is 2.38. The van der Waals surface area contributed by atoms with Gasteiger partial charge in [-0.15, -0.1) is 0 Å². The molecular formula is C16H29N3O5S2. The van der Waals surface area contributed by atoms with E-state index in [4.69, 9.17) is 0 Å². The number of carbonyl (C=O) groups excluding carboxylic acids is 1. The molecule has 150 valence electrons. The van der Waals surface area contributed by atoms with Gasteiger partial charge in [0.25, 0.3) is 0 Å². The molecule has 8 nitrogen and oxygen atoms in total. The summed E-state index contributed by atoms with van der Waals surface area (Å²) in [6.45, 7) is 0.0452. The molecule has 2 N–H and O–H groups in total. The van der Waals surface area contributed by atoms with Crippen LogP contribution in [0.1, 0.15) is 44.9 Å². The second-order valence-corrected chi connectivity index (χ2v) is 12.2. The molecule has 1 amide bonds. The highest BCUT2D eigenvalue weighted by molar-refractivity contribution is 7.91. The van der Waals surface area contributed by atoms with Crippen LogP contribution >= 0.6 is 0 Å². The van der Waals surface area contributed by atoms with Crippen LogP contribution in [0.5, 0.6) is 0 Å². The van der Waals surface area contributed by atoms with E-state index in [1.165, 1.54) is 0 Å². The zero-order valence-corrected chi connectivity index (χ0v) is 16.7. The zero-order valence-electron chi connectivity index (χ0n) is 15.0. The minimum atomic E-state index is -3.06. The molecule has 3 rings (SSSR count). The van der Waals surface area contributed by atoms with Crippen molar-refractivity contribution in [2.45, 2.75) is 63.1 Å². The largest absolute Gasteiger partial charge is 0.335 e. The molecule has 0 radical (unpaired) electrons. The van der Waals surface area contributed by atoms with Gasteiger partial charge in [-0.3, -0.25) is 10.2 Å². The highest BCUT2D eigenvalue weighted by Crippen LogP contribution is 2.28. The quantitative estimate of drug-likeness (QED) is 0.577. The molecular weight excluding hydrogens is 378 g/mol. The average molecular weight is 408 g/mol. The number of hydrogen-bond donors (Lipinski definition) is 2. The molecule has 0 spiro atoms. The molecule has 3 fully saturated rings. The Morgan fingerprint density at radius 2 is 1.50 bits per heavy atom. The van der Waals surface area contributed by atoms with E-state index in [1.54, 1.807) is 0 Å². The monoisotopic (exact) mass is 407 g/mol. The summed E-state index contributed by atoms with van der Waals surface area (Å²) in [5.41, 5.74) is 5.81. The fraction of sp³-hybridized carbons (Fsp3) is 0.938. The molecule has 2 unspecified atom stereocenters. The summed E-state index contributed by atoms with van der Waals surface area (Å²) in [6.07, 6.45) is 6.21. The Labute approximate surface area is 155 Å². The SMILES string of the molecule is O=C(CNNC1CCS(=O)(=O)C1)N(C1CCCCC1)C1CCS(=O)(=O)C1. The van der Waals surface area contributed by atoms with Crippen LogP contribution in [0.15, 0.2) is 0 Å². The van der Waals surface area contributed by atoms with Crippen molar-refractivity contribution < 1.29 is 21.6 Å². The number of nitrogens with one attached hydrogen (secondary N) is 2. The Kier molecular flexibility index (Phi) is 6.25. The van der Waals surface area contributed by atoms with Gasteiger partial charge in [0.15, 0.2) is 19.7 Å². The van der Waals surface area contributed by atoms with E-state index >= 15 is 0 Å². The highest BCUT2D eigenvalue weighted by atomic mass is 32.2. The van der Waals surface area contributed by atoms with Crippen molar-refractivity contribution in [3.05, 3.63) is 0 Å². The summed E-state index contributed by atoms with van der Waals surface area (Å²) in [7, 11) is -6.03. The Balaban J connectivity index is 1.57. The molecule has 1 saturated carbocycles. The van der Waals surface area contributed by atoms with Crippen LogP contribution in [0.25, 0.3) is 0 Å². The molecule has 1 aliphatic carbocycles. The number of rotatable bonds is 6. The number of nitrogens with zero attached hydrogens (tertiary/aromatic N) is 1. The summed E-state index contributed by atoms with van der Waals surface area (Å²) < 4.78 is 46.7. The van der Waals surface area contributed by atoms with Gasteiger partial charge in [-0.2, -0.15) is 0 Å². The average Bonchev–Trinajstić information content (AvgIpc) is 3.10. The molecule has 2 aliphatic heterocycles. The minimum Gasteiger partial charge on any atom is -0.335 e. The van der Waals surface area contributed by atoms with Crippen molar-refractivity contribution in [2.75, 3.05) is 29.6 Å². The Morgan fingerprint density at radius 1 is 0.846 bits per heavy atom. The van der Waals surface area contributed by atoms with Gasteiger partial charge in [-0.25, -0.2) is 22.3 Å². The Hall–Kier alpha value is -0.710. The van der Waals surface area contributed by atoms with Gasteiger partial charge in [0.2, 0.25) is 5.91 Å². The number of sulfone groups is 2. The molecule has 2 heterocycles. The first kappa shape index (κ1) is 20.0. The van der Waals surface area contributed by atoms with Crippen LogP contribution in [-0.4, -0.2) is 75.3 Å². The molecule has 2 saturated heterocycles. The Morgan fingerprint density at radius 3 is 2.08 bits per heavy atom. The van der Waals surface area contributed by atoms with E-state index in [0.717, 1.165) is 32.1 Å². The fourth-order valence-electron chi connectivity index (χ4n) is 4.33. The van der Waals surface area contributed by atoms with Crippen LogP contribution in [-0.2, 0) is 24.5 Å². The second kappa shape index (κ2) is 8.12. The van der Waals surface area contributed by atoms with Crippen molar-refractivity contribution >= 4 is 25.6 Å². The van der Waals surface area contributed by atoms with E-state index in [0.29, 0.717) is 12.8 Å². The Bertz CT molecular complexity index is 716. The lowest BCUT2D eigenvalue weighted by molar-refractivity contribution is -0.135. The lowest BCUT2D eigenvalue weighted by Crippen LogP contribution is -2.54. The van der Waals surface area contributed by atoms with Crippen molar-refractivity contribution in [1.29, 1.82) is 0 Å². The van der Waals surface area contributed by atoms with Gasteiger partial charge in [-0.05, 0) is 25.7 Å². The normalized spacial score (nSPS) is 31.1. The van der Waals surface area contributed by atoms with Crippen LogP contribution in [0.4, 0.5) is 0 Å². The predicted octanol–water partition coefficient (Wildman–Crippen LogP) is -0.384. The van der Waals surface area contributed by atoms with Gasteiger partial charge in [0, 0.05) is 18.1 Å². The van der Waals surface area contributed by atoms with E-state index in [9.17, 15) is 21.6 Å². The third kappa shape index (κ3) is 5.17. The van der Waals surface area contributed by atoms with Gasteiger partial charge in [0.1, 0.15) is 0 Å². The van der Waals surface area contributed by atoms with E-state index < -0.39 is 19.7 Å². The maximum atomic E-state index is 12.9. The number of amides is 1. The molecule has 26 heavy (non-hydrogen) atoms. The minimum absolute atomic E-state index is 0.0452. The second-order valence-electron chi connectivity index (χ2n) is 7.75. The first-order chi connectivity index (χ1) is 12.3. The first-order valence-corrected chi connectivity index (χ1v) is 13.1. The third-order valence-electron chi connectivity index (χ3n) is 5.64. The van der Waals surface area contributed by atoms with Crippen molar-refractivity contribution in [1.82, 2.24) is 15.8 Å². The molecule has 0 aromatic rings. The lowest BCUT2D eigenvalue weighted by Gasteiger charge is -2.38. The molecule has 0 aromatic heterocycles. The smallest absolute Gasteiger partial charge is 0.238 e. The number of carbonyl (C=O) groups is 1. The number of hydrogen-bond acceptors (Lipinski definition) is 7. The number of hydrazine groups is 1. The van der Waals surface area contributed by atoms with Crippen molar-refractivity contribution in [3.63, 3.8) is 0 Å². The summed E-state index contributed by atoms with van der Waals surface area (Å²) in [4.78, 5) is 14.7. The summed E-state index contributed by atoms with van der Waals surface area (Å²) in [6, 6.07) is -0.296. The van der Waals surface area contributed by atoms with Gasteiger partial charge >= 0.3 is 0 Å². The van der Waals surface area contributed by atoms with Gasteiger partial charge < -0.3 is 4.90 Å². The third-order valence-corrected chi connectivity index (χ3v) is 9.15. The van der Waals surface area contributed by atoms with E-state index in [-0.39, 0.29) is 53.6 Å². The maximum Gasteiger partial charge on any atom is 0.238 e. The van der Waals surface area contributed by atoms with Crippen molar-refractivity contribution in [3.8, 4) is 0 Å². The standard InChI is InChI=1S/C16H29N3O5S2/c20-16(10-17-18-13-6-8-25(21,22)11-13)19(14-4-2-1-3-5-14)15-7-9-26(23,24)12-15/h13-15,17-18H,1-12H2. The molecule has 3 aliphatic rings. The van der Waals surface area contributed by atoms with E-state index in [1.807, 2.05) is 4.90 Å². The van der Waals surface area contributed by atoms with Crippen molar-refractivity contribution in [2.24, 2.45) is 0 Å². The predicted molar refractivity (Wildman–Crippen MR) is 99.0 cm³/mol. The van der Waals surface area contributed by atoms with Crippen LogP contribution < -0.4 is 10.9 Å². The van der Waals surface area contributed by atoms with Gasteiger partial charge in [-0.1, -0.05) is 19.3 Å². The van der Waals surface area contributed by atoms with Gasteiger partial charge in [0.05, 0.1) is 29.6 Å².